The number of esters is 1. The zero-order valence-corrected chi connectivity index (χ0v) is 13.0. The molecule has 5 heteroatoms. The highest BCUT2D eigenvalue weighted by Gasteiger charge is 2.23. The van der Waals surface area contributed by atoms with Gasteiger partial charge in [0.25, 0.3) is 0 Å². The monoisotopic (exact) mass is 292 g/mol. The first kappa shape index (κ1) is 17.0. The second-order valence-corrected chi connectivity index (χ2v) is 4.91. The maximum absolute atomic E-state index is 11.8. The summed E-state index contributed by atoms with van der Waals surface area (Å²) in [6.07, 6.45) is 2.08. The molecule has 0 aliphatic carbocycles. The Labute approximate surface area is 126 Å². The molecule has 1 amide bonds. The van der Waals surface area contributed by atoms with Gasteiger partial charge in [0.2, 0.25) is 5.91 Å². The molecule has 0 aliphatic rings. The van der Waals surface area contributed by atoms with Crippen LogP contribution in [0.25, 0.3) is 0 Å². The molecule has 1 atom stereocenters. The summed E-state index contributed by atoms with van der Waals surface area (Å²) in [5.74, 6) is -0.670. The van der Waals surface area contributed by atoms with E-state index in [4.69, 9.17) is 4.74 Å². The molecule has 0 spiro atoms. The minimum atomic E-state index is -0.662. The summed E-state index contributed by atoms with van der Waals surface area (Å²) in [7, 11) is 1.33. The van der Waals surface area contributed by atoms with Gasteiger partial charge < -0.3 is 15.0 Å². The largest absolute Gasteiger partial charge is 0.467 e. The maximum atomic E-state index is 11.8. The van der Waals surface area contributed by atoms with E-state index >= 15 is 0 Å². The molecule has 1 N–H and O–H groups in total. The highest BCUT2D eigenvalue weighted by atomic mass is 16.5. The Morgan fingerprint density at radius 2 is 1.95 bits per heavy atom. The first-order valence-corrected chi connectivity index (χ1v) is 7.23. The van der Waals surface area contributed by atoms with Gasteiger partial charge in [-0.1, -0.05) is 31.5 Å². The molecule has 116 valence electrons. The van der Waals surface area contributed by atoms with Gasteiger partial charge in [-0.05, 0) is 18.6 Å². The van der Waals surface area contributed by atoms with Gasteiger partial charge in [0, 0.05) is 25.7 Å². The van der Waals surface area contributed by atoms with Crippen LogP contribution in [-0.4, -0.2) is 38.1 Å². The van der Waals surface area contributed by atoms with Crippen molar-refractivity contribution in [2.75, 3.05) is 25.1 Å². The predicted octanol–water partition coefficient (Wildman–Crippen LogP) is 1.97. The van der Waals surface area contributed by atoms with Crippen molar-refractivity contribution in [1.82, 2.24) is 5.32 Å². The van der Waals surface area contributed by atoms with Crippen LogP contribution in [0, 0.1) is 0 Å². The van der Waals surface area contributed by atoms with E-state index in [1.807, 2.05) is 30.3 Å². The number of hydrogen-bond acceptors (Lipinski definition) is 4. The lowest BCUT2D eigenvalue weighted by Gasteiger charge is -2.28. The third kappa shape index (κ3) is 5.85. The fourth-order valence-corrected chi connectivity index (χ4v) is 2.10. The van der Waals surface area contributed by atoms with Crippen molar-refractivity contribution >= 4 is 17.6 Å². The van der Waals surface area contributed by atoms with E-state index in [0.717, 1.165) is 25.1 Å². The zero-order chi connectivity index (χ0) is 15.7. The van der Waals surface area contributed by atoms with Crippen molar-refractivity contribution in [3.8, 4) is 0 Å². The van der Waals surface area contributed by atoms with Crippen molar-refractivity contribution in [3.63, 3.8) is 0 Å². The van der Waals surface area contributed by atoms with Crippen LogP contribution < -0.4 is 10.2 Å². The zero-order valence-electron chi connectivity index (χ0n) is 13.0. The molecule has 0 aliphatic heterocycles. The van der Waals surface area contributed by atoms with E-state index < -0.39 is 12.0 Å². The van der Waals surface area contributed by atoms with Gasteiger partial charge in [-0.25, -0.2) is 4.79 Å². The van der Waals surface area contributed by atoms with Gasteiger partial charge in [0.15, 0.2) is 0 Å². The van der Waals surface area contributed by atoms with Crippen LogP contribution in [0.4, 0.5) is 5.69 Å². The number of carbonyl (C=O) groups is 2. The normalized spacial score (nSPS) is 11.6. The summed E-state index contributed by atoms with van der Waals surface area (Å²) in [6, 6.07) is 9.20. The van der Waals surface area contributed by atoms with Gasteiger partial charge in [-0.2, -0.15) is 0 Å². The number of nitrogens with zero attached hydrogens (tertiary/aromatic N) is 1. The molecule has 0 saturated heterocycles. The quantitative estimate of drug-likeness (QED) is 0.744. The van der Waals surface area contributed by atoms with Crippen molar-refractivity contribution < 1.29 is 14.3 Å². The number of nitrogens with one attached hydrogen (secondary N) is 1. The SMILES string of the molecule is CCCCN(CC(NC(C)=O)C(=O)OC)c1ccccc1. The number of rotatable bonds is 8. The number of unbranched alkanes of at least 4 members (excludes halogenated alkanes) is 1. The lowest BCUT2D eigenvalue weighted by molar-refractivity contribution is -0.144. The minimum absolute atomic E-state index is 0.242. The molecule has 0 heterocycles. The van der Waals surface area contributed by atoms with E-state index in [-0.39, 0.29) is 5.91 Å². The summed E-state index contributed by atoms with van der Waals surface area (Å²) >= 11 is 0. The molecular weight excluding hydrogens is 268 g/mol. The molecule has 5 nitrogen and oxygen atoms in total. The first-order valence-electron chi connectivity index (χ1n) is 7.23. The Balaban J connectivity index is 2.86. The van der Waals surface area contributed by atoms with Crippen LogP contribution in [-0.2, 0) is 14.3 Å². The summed E-state index contributed by atoms with van der Waals surface area (Å²) in [4.78, 5) is 25.2. The molecular formula is C16H24N2O3. The summed E-state index contributed by atoms with van der Waals surface area (Å²) in [5.41, 5.74) is 1.03. The standard InChI is InChI=1S/C16H24N2O3/c1-4-5-11-18(14-9-7-6-8-10-14)12-15(16(20)21-3)17-13(2)19/h6-10,15H,4-5,11-12H2,1-3H3,(H,17,19). The third-order valence-electron chi connectivity index (χ3n) is 3.17. The van der Waals surface area contributed by atoms with Crippen LogP contribution in [0.15, 0.2) is 30.3 Å². The molecule has 1 unspecified atom stereocenters. The van der Waals surface area contributed by atoms with E-state index in [1.54, 1.807) is 0 Å². The van der Waals surface area contributed by atoms with Gasteiger partial charge in [0.1, 0.15) is 6.04 Å². The fourth-order valence-electron chi connectivity index (χ4n) is 2.10. The first-order chi connectivity index (χ1) is 10.1. The van der Waals surface area contributed by atoms with E-state index in [9.17, 15) is 9.59 Å². The predicted molar refractivity (Wildman–Crippen MR) is 83.2 cm³/mol. The van der Waals surface area contributed by atoms with Crippen LogP contribution in [0.2, 0.25) is 0 Å². The van der Waals surface area contributed by atoms with Crippen LogP contribution in [0.1, 0.15) is 26.7 Å². The molecule has 0 bridgehead atoms. The number of carbonyl (C=O) groups excluding carboxylic acids is 2. The Morgan fingerprint density at radius 1 is 1.29 bits per heavy atom. The summed E-state index contributed by atoms with van der Waals surface area (Å²) < 4.78 is 4.77. The van der Waals surface area contributed by atoms with Gasteiger partial charge in [-0.3, -0.25) is 4.79 Å². The van der Waals surface area contributed by atoms with Gasteiger partial charge in [0.05, 0.1) is 7.11 Å². The van der Waals surface area contributed by atoms with Crippen molar-refractivity contribution in [3.05, 3.63) is 30.3 Å². The molecule has 0 aromatic heterocycles. The van der Waals surface area contributed by atoms with Crippen LogP contribution in [0.3, 0.4) is 0 Å². The number of anilines is 1. The summed E-state index contributed by atoms with van der Waals surface area (Å²) in [6.45, 7) is 4.74. The van der Waals surface area contributed by atoms with Crippen molar-refractivity contribution in [2.45, 2.75) is 32.7 Å². The minimum Gasteiger partial charge on any atom is -0.467 e. The van der Waals surface area contributed by atoms with E-state index in [1.165, 1.54) is 14.0 Å². The maximum Gasteiger partial charge on any atom is 0.330 e. The van der Waals surface area contributed by atoms with Crippen LogP contribution in [0.5, 0.6) is 0 Å². The number of benzene rings is 1. The lowest BCUT2D eigenvalue weighted by atomic mass is 10.2. The number of methoxy groups -OCH3 is 1. The summed E-state index contributed by atoms with van der Waals surface area (Å²) in [5, 5.41) is 2.65. The van der Waals surface area contributed by atoms with Gasteiger partial charge >= 0.3 is 5.97 Å². The molecule has 0 radical (unpaired) electrons. The third-order valence-corrected chi connectivity index (χ3v) is 3.17. The molecule has 1 aromatic carbocycles. The second-order valence-electron chi connectivity index (χ2n) is 4.91. The Kier molecular flexibility index (Phi) is 7.29. The average Bonchev–Trinajstić information content (AvgIpc) is 2.50. The van der Waals surface area contributed by atoms with Crippen LogP contribution >= 0.6 is 0 Å². The lowest BCUT2D eigenvalue weighted by Crippen LogP contribution is -2.48. The highest BCUT2D eigenvalue weighted by molar-refractivity contribution is 5.83. The van der Waals surface area contributed by atoms with E-state index in [2.05, 4.69) is 17.1 Å². The number of amides is 1. The van der Waals surface area contributed by atoms with Gasteiger partial charge in [-0.15, -0.1) is 0 Å². The Bertz CT molecular complexity index is 448. The molecule has 21 heavy (non-hydrogen) atoms. The smallest absolute Gasteiger partial charge is 0.330 e. The van der Waals surface area contributed by atoms with Crippen molar-refractivity contribution in [1.29, 1.82) is 0 Å². The number of hydrogen-bond donors (Lipinski definition) is 1. The molecule has 0 saturated carbocycles. The molecule has 1 aromatic rings. The highest BCUT2D eigenvalue weighted by Crippen LogP contribution is 2.15. The fraction of sp³-hybridized carbons (Fsp3) is 0.500. The number of ether oxygens (including phenoxy) is 1. The Hall–Kier alpha value is -2.04. The molecule has 1 rings (SSSR count). The second kappa shape index (κ2) is 9.00. The molecule has 0 fully saturated rings. The average molecular weight is 292 g/mol. The number of para-hydroxylation sites is 1. The Morgan fingerprint density at radius 3 is 2.48 bits per heavy atom. The topological polar surface area (TPSA) is 58.6 Å². The van der Waals surface area contributed by atoms with E-state index in [0.29, 0.717) is 6.54 Å². The van der Waals surface area contributed by atoms with Crippen molar-refractivity contribution in [2.24, 2.45) is 0 Å².